The first-order chi connectivity index (χ1) is 9.34. The number of rotatable bonds is 3. The van der Waals surface area contributed by atoms with Gasteiger partial charge in [-0.3, -0.25) is 4.55 Å². The van der Waals surface area contributed by atoms with Gasteiger partial charge in [0, 0.05) is 6.07 Å². The molecule has 0 aliphatic rings. The summed E-state index contributed by atoms with van der Waals surface area (Å²) < 4.78 is 30.6. The topological polar surface area (TPSA) is 94.8 Å². The normalized spacial score (nSPS) is 11.8. The zero-order valence-electron chi connectivity index (χ0n) is 10.3. The van der Waals surface area contributed by atoms with Crippen molar-refractivity contribution < 1.29 is 23.2 Å². The minimum atomic E-state index is -4.19. The summed E-state index contributed by atoms with van der Waals surface area (Å²) >= 11 is 0. The number of aromatic hydroxyl groups is 2. The first-order valence-electron chi connectivity index (χ1n) is 5.63. The zero-order chi connectivity index (χ0) is 14.8. The molecule has 0 unspecified atom stereocenters. The van der Waals surface area contributed by atoms with Gasteiger partial charge in [-0.15, -0.1) is 0 Å². The largest absolute Gasteiger partial charge is 0.508 e. The third-order valence-electron chi connectivity index (χ3n) is 2.57. The van der Waals surface area contributed by atoms with Crippen molar-refractivity contribution in [1.29, 1.82) is 0 Å². The van der Waals surface area contributed by atoms with Gasteiger partial charge in [-0.05, 0) is 35.4 Å². The molecule has 0 spiro atoms. The van der Waals surface area contributed by atoms with Crippen molar-refractivity contribution in [2.24, 2.45) is 0 Å². The number of hydrogen-bond donors (Lipinski definition) is 3. The van der Waals surface area contributed by atoms with E-state index in [1.807, 2.05) is 0 Å². The van der Waals surface area contributed by atoms with Crippen LogP contribution < -0.4 is 0 Å². The quantitative estimate of drug-likeness (QED) is 0.597. The summed E-state index contributed by atoms with van der Waals surface area (Å²) in [6.07, 6.45) is 3.34. The van der Waals surface area contributed by atoms with E-state index in [4.69, 9.17) is 4.55 Å². The molecule has 0 atom stereocenters. The van der Waals surface area contributed by atoms with E-state index in [0.717, 1.165) is 0 Å². The minimum Gasteiger partial charge on any atom is -0.508 e. The van der Waals surface area contributed by atoms with Crippen LogP contribution in [0.5, 0.6) is 11.5 Å². The van der Waals surface area contributed by atoms with Gasteiger partial charge in [0.1, 0.15) is 11.5 Å². The zero-order valence-corrected chi connectivity index (χ0v) is 11.1. The molecule has 5 nitrogen and oxygen atoms in total. The molecule has 0 saturated carbocycles. The molecule has 0 heterocycles. The lowest BCUT2D eigenvalue weighted by Crippen LogP contribution is -1.97. The summed E-state index contributed by atoms with van der Waals surface area (Å²) in [5.41, 5.74) is 1.31. The molecule has 0 aliphatic heterocycles. The molecule has 2 rings (SSSR count). The maximum atomic E-state index is 10.9. The molecule has 0 fully saturated rings. The van der Waals surface area contributed by atoms with Gasteiger partial charge in [0.05, 0.1) is 4.90 Å². The number of phenols is 2. The fraction of sp³-hybridized carbons (Fsp3) is 0. The van der Waals surface area contributed by atoms with Gasteiger partial charge in [0.2, 0.25) is 0 Å². The highest BCUT2D eigenvalue weighted by molar-refractivity contribution is 7.85. The summed E-state index contributed by atoms with van der Waals surface area (Å²) in [5.74, 6) is -0.0993. The number of hydrogen-bond acceptors (Lipinski definition) is 4. The molecule has 0 radical (unpaired) electrons. The van der Waals surface area contributed by atoms with Crippen LogP contribution in [0.3, 0.4) is 0 Å². The lowest BCUT2D eigenvalue weighted by molar-refractivity contribution is 0.450. The van der Waals surface area contributed by atoms with Crippen molar-refractivity contribution in [2.45, 2.75) is 4.90 Å². The summed E-state index contributed by atoms with van der Waals surface area (Å²) in [6.45, 7) is 0. The first-order valence-corrected chi connectivity index (χ1v) is 7.07. The summed E-state index contributed by atoms with van der Waals surface area (Å²) in [5, 5.41) is 18.7. The Morgan fingerprint density at radius 1 is 0.800 bits per heavy atom. The molecule has 104 valence electrons. The standard InChI is InChI=1S/C14H12O5S/c15-12-7-11(8-13(16)9-12)2-1-10-3-5-14(6-4-10)20(17,18)19/h1-9,15-16H,(H,17,18,19). The van der Waals surface area contributed by atoms with Crippen molar-refractivity contribution in [3.8, 4) is 11.5 Å². The van der Waals surface area contributed by atoms with Crippen molar-refractivity contribution in [3.05, 3.63) is 53.6 Å². The average molecular weight is 292 g/mol. The fourth-order valence-electron chi connectivity index (χ4n) is 1.66. The molecule has 0 aliphatic carbocycles. The van der Waals surface area contributed by atoms with Crippen molar-refractivity contribution in [1.82, 2.24) is 0 Å². The Hall–Kier alpha value is -2.31. The highest BCUT2D eigenvalue weighted by atomic mass is 32.2. The van der Waals surface area contributed by atoms with Crippen molar-refractivity contribution in [2.75, 3.05) is 0 Å². The summed E-state index contributed by atoms with van der Waals surface area (Å²) in [4.78, 5) is -0.176. The smallest absolute Gasteiger partial charge is 0.294 e. The van der Waals surface area contributed by atoms with E-state index in [-0.39, 0.29) is 16.4 Å². The predicted octanol–water partition coefficient (Wildman–Crippen LogP) is 2.51. The molecule has 0 saturated heterocycles. The van der Waals surface area contributed by atoms with Crippen LogP contribution in [0.1, 0.15) is 11.1 Å². The van der Waals surface area contributed by atoms with Crippen LogP contribution in [-0.2, 0) is 10.1 Å². The maximum Gasteiger partial charge on any atom is 0.294 e. The van der Waals surface area contributed by atoms with Gasteiger partial charge in [0.25, 0.3) is 10.1 Å². The van der Waals surface area contributed by atoms with Gasteiger partial charge < -0.3 is 10.2 Å². The van der Waals surface area contributed by atoms with E-state index in [9.17, 15) is 18.6 Å². The molecule has 2 aromatic carbocycles. The Bertz CT molecular complexity index is 725. The third-order valence-corrected chi connectivity index (χ3v) is 3.44. The van der Waals surface area contributed by atoms with Crippen LogP contribution in [0.2, 0.25) is 0 Å². The van der Waals surface area contributed by atoms with Crippen LogP contribution in [0.4, 0.5) is 0 Å². The Kier molecular flexibility index (Phi) is 3.78. The molecular formula is C14H12O5S. The van der Waals surface area contributed by atoms with E-state index >= 15 is 0 Å². The summed E-state index contributed by atoms with van der Waals surface area (Å²) in [7, 11) is -4.19. The van der Waals surface area contributed by atoms with Crippen LogP contribution in [-0.4, -0.2) is 23.2 Å². The second-order valence-corrected chi connectivity index (χ2v) is 5.58. The van der Waals surface area contributed by atoms with E-state index in [0.29, 0.717) is 11.1 Å². The monoisotopic (exact) mass is 292 g/mol. The van der Waals surface area contributed by atoms with Crippen LogP contribution in [0.25, 0.3) is 12.2 Å². The first kappa shape index (κ1) is 14.1. The molecule has 0 aromatic heterocycles. The van der Waals surface area contributed by atoms with Crippen molar-refractivity contribution in [3.63, 3.8) is 0 Å². The Balaban J connectivity index is 2.23. The molecule has 0 amide bonds. The summed E-state index contributed by atoms with van der Waals surface area (Å²) in [6, 6.07) is 9.80. The second-order valence-electron chi connectivity index (χ2n) is 4.16. The third kappa shape index (κ3) is 3.59. The molecular weight excluding hydrogens is 280 g/mol. The van der Waals surface area contributed by atoms with E-state index in [1.54, 1.807) is 12.2 Å². The van der Waals surface area contributed by atoms with E-state index < -0.39 is 10.1 Å². The van der Waals surface area contributed by atoms with Gasteiger partial charge in [-0.1, -0.05) is 24.3 Å². The second kappa shape index (κ2) is 5.36. The predicted molar refractivity (Wildman–Crippen MR) is 75.0 cm³/mol. The van der Waals surface area contributed by atoms with E-state index in [1.165, 1.54) is 42.5 Å². The average Bonchev–Trinajstić information content (AvgIpc) is 2.35. The Labute approximate surface area is 116 Å². The van der Waals surface area contributed by atoms with Crippen LogP contribution in [0, 0.1) is 0 Å². The number of benzene rings is 2. The lowest BCUT2D eigenvalue weighted by Gasteiger charge is -1.99. The highest BCUT2D eigenvalue weighted by Crippen LogP contribution is 2.22. The number of phenolic OH excluding ortho intramolecular Hbond substituents is 2. The van der Waals surface area contributed by atoms with Gasteiger partial charge in [-0.25, -0.2) is 0 Å². The minimum absolute atomic E-state index is 0.0497. The Morgan fingerprint density at radius 3 is 1.80 bits per heavy atom. The molecule has 2 aromatic rings. The van der Waals surface area contributed by atoms with Gasteiger partial charge in [0.15, 0.2) is 0 Å². The maximum absolute atomic E-state index is 10.9. The SMILES string of the molecule is O=S(=O)(O)c1ccc(C=Cc2cc(O)cc(O)c2)cc1. The lowest BCUT2D eigenvalue weighted by atomic mass is 10.1. The van der Waals surface area contributed by atoms with Crippen LogP contribution >= 0.6 is 0 Å². The molecule has 3 N–H and O–H groups in total. The van der Waals surface area contributed by atoms with Gasteiger partial charge in [-0.2, -0.15) is 8.42 Å². The fourth-order valence-corrected chi connectivity index (χ4v) is 2.14. The molecule has 6 heteroatoms. The van der Waals surface area contributed by atoms with Gasteiger partial charge >= 0.3 is 0 Å². The highest BCUT2D eigenvalue weighted by Gasteiger charge is 2.07. The molecule has 0 bridgehead atoms. The molecule has 20 heavy (non-hydrogen) atoms. The van der Waals surface area contributed by atoms with Crippen molar-refractivity contribution >= 4 is 22.3 Å². The Morgan fingerprint density at radius 2 is 1.30 bits per heavy atom. The van der Waals surface area contributed by atoms with Crippen LogP contribution in [0.15, 0.2) is 47.4 Å². The van der Waals surface area contributed by atoms with E-state index in [2.05, 4.69) is 0 Å².